The molecule has 1 heterocycles. The third kappa shape index (κ3) is 4.52. The number of halogens is 1. The number of nitrogens with zero attached hydrogens (tertiary/aromatic N) is 2. The minimum atomic E-state index is -0.286. The monoisotopic (exact) mass is 358 g/mol. The molecule has 3 rings (SSSR count). The smallest absolute Gasteiger partial charge is 0.237 e. The number of amides is 1. The molecule has 0 aliphatic carbocycles. The standard InChI is InChI=1S/C20H23FN2O3/c1-3-23(12-15-5-4-6-17(21)9-15)20(24)13-22(2)11-16-7-8-18-19(10-16)26-14-25-18/h4-10H,3,11-14H2,1-2H3. The van der Waals surface area contributed by atoms with Crippen LogP contribution in [0.5, 0.6) is 11.5 Å². The van der Waals surface area contributed by atoms with Gasteiger partial charge in [0.25, 0.3) is 0 Å². The summed E-state index contributed by atoms with van der Waals surface area (Å²) >= 11 is 0. The van der Waals surface area contributed by atoms with Crippen molar-refractivity contribution >= 4 is 5.91 Å². The number of rotatable bonds is 7. The fourth-order valence-corrected chi connectivity index (χ4v) is 2.97. The van der Waals surface area contributed by atoms with Crippen molar-refractivity contribution in [2.75, 3.05) is 26.9 Å². The summed E-state index contributed by atoms with van der Waals surface area (Å²) in [7, 11) is 1.90. The molecule has 0 radical (unpaired) electrons. The van der Waals surface area contributed by atoms with E-state index in [0.29, 0.717) is 19.6 Å². The summed E-state index contributed by atoms with van der Waals surface area (Å²) in [5.41, 5.74) is 1.84. The number of ether oxygens (including phenoxy) is 2. The SMILES string of the molecule is CCN(Cc1cccc(F)c1)C(=O)CN(C)Cc1ccc2c(c1)OCO2. The Morgan fingerprint density at radius 2 is 1.85 bits per heavy atom. The molecule has 0 bridgehead atoms. The number of carbonyl (C=O) groups excluding carboxylic acids is 1. The van der Waals surface area contributed by atoms with E-state index in [1.54, 1.807) is 11.0 Å². The number of likely N-dealkylation sites (N-methyl/N-ethyl adjacent to an activating group) is 2. The summed E-state index contributed by atoms with van der Waals surface area (Å²) in [5, 5.41) is 0. The minimum absolute atomic E-state index is 0.0139. The zero-order valence-corrected chi connectivity index (χ0v) is 15.1. The molecule has 0 saturated carbocycles. The molecule has 0 fully saturated rings. The first kappa shape index (κ1) is 18.2. The van der Waals surface area contributed by atoms with E-state index < -0.39 is 0 Å². The highest BCUT2D eigenvalue weighted by molar-refractivity contribution is 5.78. The first-order chi connectivity index (χ1) is 12.5. The van der Waals surface area contributed by atoms with Crippen molar-refractivity contribution in [3.05, 3.63) is 59.4 Å². The van der Waals surface area contributed by atoms with Crippen LogP contribution in [0, 0.1) is 5.82 Å². The lowest BCUT2D eigenvalue weighted by atomic mass is 10.2. The molecule has 0 atom stereocenters. The van der Waals surface area contributed by atoms with E-state index in [2.05, 4.69) is 0 Å². The summed E-state index contributed by atoms with van der Waals surface area (Å²) in [5.74, 6) is 1.22. The molecule has 0 unspecified atom stereocenters. The lowest BCUT2D eigenvalue weighted by molar-refractivity contribution is -0.132. The van der Waals surface area contributed by atoms with E-state index in [0.717, 1.165) is 22.6 Å². The lowest BCUT2D eigenvalue weighted by Crippen LogP contribution is -2.38. The minimum Gasteiger partial charge on any atom is -0.454 e. The molecule has 0 spiro atoms. The van der Waals surface area contributed by atoms with Crippen LogP contribution in [0.15, 0.2) is 42.5 Å². The molecule has 1 amide bonds. The van der Waals surface area contributed by atoms with Gasteiger partial charge >= 0.3 is 0 Å². The molecule has 2 aromatic carbocycles. The second kappa shape index (κ2) is 8.19. The van der Waals surface area contributed by atoms with Crippen LogP contribution in [0.3, 0.4) is 0 Å². The Hall–Kier alpha value is -2.60. The van der Waals surface area contributed by atoms with Crippen LogP contribution in [0.2, 0.25) is 0 Å². The van der Waals surface area contributed by atoms with E-state index in [9.17, 15) is 9.18 Å². The highest BCUT2D eigenvalue weighted by Gasteiger charge is 2.17. The van der Waals surface area contributed by atoms with Gasteiger partial charge in [-0.1, -0.05) is 18.2 Å². The summed E-state index contributed by atoms with van der Waals surface area (Å²) in [4.78, 5) is 16.3. The fourth-order valence-electron chi connectivity index (χ4n) is 2.97. The van der Waals surface area contributed by atoms with Crippen molar-refractivity contribution < 1.29 is 18.7 Å². The second-order valence-corrected chi connectivity index (χ2v) is 6.40. The first-order valence-electron chi connectivity index (χ1n) is 8.64. The van der Waals surface area contributed by atoms with Crippen LogP contribution in [0.25, 0.3) is 0 Å². The van der Waals surface area contributed by atoms with Gasteiger partial charge in [0.05, 0.1) is 6.54 Å². The maximum atomic E-state index is 13.3. The predicted molar refractivity (Wildman–Crippen MR) is 96.4 cm³/mol. The van der Waals surface area contributed by atoms with Crippen molar-refractivity contribution in [3.63, 3.8) is 0 Å². The van der Waals surface area contributed by atoms with Gasteiger partial charge in [0.15, 0.2) is 11.5 Å². The maximum absolute atomic E-state index is 13.3. The average Bonchev–Trinajstić information content (AvgIpc) is 3.07. The van der Waals surface area contributed by atoms with Gasteiger partial charge in [-0.25, -0.2) is 4.39 Å². The van der Waals surface area contributed by atoms with E-state index >= 15 is 0 Å². The third-order valence-electron chi connectivity index (χ3n) is 4.29. The van der Waals surface area contributed by atoms with Crippen molar-refractivity contribution in [3.8, 4) is 11.5 Å². The molecule has 26 heavy (non-hydrogen) atoms. The van der Waals surface area contributed by atoms with Gasteiger partial charge in [0.1, 0.15) is 5.82 Å². The summed E-state index contributed by atoms with van der Waals surface area (Å²) in [6.07, 6.45) is 0. The third-order valence-corrected chi connectivity index (χ3v) is 4.29. The number of hydrogen-bond donors (Lipinski definition) is 0. The number of hydrogen-bond acceptors (Lipinski definition) is 4. The Morgan fingerprint density at radius 1 is 1.08 bits per heavy atom. The largest absolute Gasteiger partial charge is 0.454 e. The molecule has 5 nitrogen and oxygen atoms in total. The quantitative estimate of drug-likeness (QED) is 0.763. The molecular weight excluding hydrogens is 335 g/mol. The molecule has 1 aliphatic heterocycles. The van der Waals surface area contributed by atoms with Gasteiger partial charge in [0, 0.05) is 19.6 Å². The zero-order valence-electron chi connectivity index (χ0n) is 15.1. The molecule has 0 aromatic heterocycles. The van der Waals surface area contributed by atoms with Crippen molar-refractivity contribution in [2.45, 2.75) is 20.0 Å². The van der Waals surface area contributed by atoms with Crippen molar-refractivity contribution in [2.24, 2.45) is 0 Å². The second-order valence-electron chi connectivity index (χ2n) is 6.40. The molecule has 6 heteroatoms. The van der Waals surface area contributed by atoms with Gasteiger partial charge in [-0.15, -0.1) is 0 Å². The van der Waals surface area contributed by atoms with Crippen LogP contribution in [0.4, 0.5) is 4.39 Å². The van der Waals surface area contributed by atoms with Crippen molar-refractivity contribution in [1.29, 1.82) is 0 Å². The Morgan fingerprint density at radius 3 is 2.62 bits per heavy atom. The lowest BCUT2D eigenvalue weighted by Gasteiger charge is -2.24. The Kier molecular flexibility index (Phi) is 5.73. The Balaban J connectivity index is 1.56. The summed E-state index contributed by atoms with van der Waals surface area (Å²) in [6, 6.07) is 12.2. The van der Waals surface area contributed by atoms with E-state index in [1.165, 1.54) is 12.1 Å². The average molecular weight is 358 g/mol. The normalized spacial score (nSPS) is 12.5. The van der Waals surface area contributed by atoms with Crippen LogP contribution in [-0.4, -0.2) is 42.6 Å². The number of carbonyl (C=O) groups is 1. The topological polar surface area (TPSA) is 42.0 Å². The van der Waals surface area contributed by atoms with E-state index in [-0.39, 0.29) is 25.1 Å². The van der Waals surface area contributed by atoms with Crippen LogP contribution in [0.1, 0.15) is 18.1 Å². The van der Waals surface area contributed by atoms with Crippen molar-refractivity contribution in [1.82, 2.24) is 9.80 Å². The first-order valence-corrected chi connectivity index (χ1v) is 8.64. The van der Waals surface area contributed by atoms with Gasteiger partial charge in [-0.05, 0) is 49.4 Å². The Labute approximate surface area is 152 Å². The highest BCUT2D eigenvalue weighted by Crippen LogP contribution is 2.32. The molecule has 1 aliphatic rings. The molecule has 0 N–H and O–H groups in total. The fraction of sp³-hybridized carbons (Fsp3) is 0.350. The zero-order chi connectivity index (χ0) is 18.5. The molecule has 138 valence electrons. The highest BCUT2D eigenvalue weighted by atomic mass is 19.1. The maximum Gasteiger partial charge on any atom is 0.237 e. The number of fused-ring (bicyclic) bond motifs is 1. The number of benzene rings is 2. The predicted octanol–water partition coefficient (Wildman–Crippen LogP) is 3.03. The van der Waals surface area contributed by atoms with Crippen LogP contribution < -0.4 is 9.47 Å². The Bertz CT molecular complexity index is 781. The summed E-state index contributed by atoms with van der Waals surface area (Å²) < 4.78 is 24.0. The van der Waals surface area contributed by atoms with Gasteiger partial charge < -0.3 is 14.4 Å². The summed E-state index contributed by atoms with van der Waals surface area (Å²) in [6.45, 7) is 4.07. The van der Waals surface area contributed by atoms with Gasteiger partial charge in [0.2, 0.25) is 12.7 Å². The molecule has 2 aromatic rings. The van der Waals surface area contributed by atoms with Crippen LogP contribution >= 0.6 is 0 Å². The van der Waals surface area contributed by atoms with E-state index in [4.69, 9.17) is 9.47 Å². The molecule has 0 saturated heterocycles. The van der Waals surface area contributed by atoms with E-state index in [1.807, 2.05) is 43.1 Å². The van der Waals surface area contributed by atoms with Crippen LogP contribution in [-0.2, 0) is 17.9 Å². The van der Waals surface area contributed by atoms with Gasteiger partial charge in [-0.3, -0.25) is 9.69 Å². The van der Waals surface area contributed by atoms with Gasteiger partial charge in [-0.2, -0.15) is 0 Å². The molecular formula is C20H23FN2O3.